The lowest BCUT2D eigenvalue weighted by Crippen LogP contribution is -2.69. The summed E-state index contributed by atoms with van der Waals surface area (Å²) in [5.41, 5.74) is -2.54. The van der Waals surface area contributed by atoms with E-state index in [9.17, 15) is 66.4 Å². The average Bonchev–Trinajstić information content (AvgIpc) is 3.29. The van der Waals surface area contributed by atoms with Crippen LogP contribution < -0.4 is 0 Å². The van der Waals surface area contributed by atoms with E-state index in [-0.39, 0.29) is 41.6 Å². The highest BCUT2D eigenvalue weighted by molar-refractivity contribution is 5.79. The molecule has 5 aliphatic carbocycles. The van der Waals surface area contributed by atoms with Gasteiger partial charge in [0.15, 0.2) is 18.7 Å². The van der Waals surface area contributed by atoms with E-state index >= 15 is 4.79 Å². The second-order valence-corrected chi connectivity index (χ2v) is 23.5. The Hall–Kier alpha value is -1.51. The fourth-order valence-corrected chi connectivity index (χ4v) is 15.2. The van der Waals surface area contributed by atoms with Gasteiger partial charge in [0.05, 0.1) is 44.1 Å². The third-order valence-electron chi connectivity index (χ3n) is 19.4. The van der Waals surface area contributed by atoms with Crippen LogP contribution in [0.4, 0.5) is 0 Å². The molecule has 0 spiro atoms. The summed E-state index contributed by atoms with van der Waals surface area (Å²) in [6.45, 7) is 10.4. The smallest absolute Gasteiger partial charge is 0.315 e. The quantitative estimate of drug-likeness (QED) is 0.0645. The van der Waals surface area contributed by atoms with E-state index in [0.29, 0.717) is 44.9 Å². The summed E-state index contributed by atoms with van der Waals surface area (Å²) < 4.78 is 35.7. The molecular formula is C48H78O20. The maximum atomic E-state index is 15.2. The molecule has 0 aromatic carbocycles. The van der Waals surface area contributed by atoms with Gasteiger partial charge in [-0.15, -0.1) is 0 Å². The van der Waals surface area contributed by atoms with Crippen LogP contribution in [0.5, 0.6) is 0 Å². The monoisotopic (exact) mass is 975 g/mol. The van der Waals surface area contributed by atoms with Gasteiger partial charge >= 0.3 is 5.97 Å². The van der Waals surface area contributed by atoms with Crippen molar-refractivity contribution in [3.8, 4) is 0 Å². The van der Waals surface area contributed by atoms with Crippen LogP contribution in [0.1, 0.15) is 99.3 Å². The first kappa shape index (κ1) is 52.8. The van der Waals surface area contributed by atoms with Gasteiger partial charge in [-0.2, -0.15) is 0 Å². The number of hydrogen-bond donors (Lipinski definition) is 13. The Kier molecular flexibility index (Phi) is 14.6. The summed E-state index contributed by atoms with van der Waals surface area (Å²) in [5, 5.41) is 139. The van der Waals surface area contributed by atoms with E-state index in [4.69, 9.17) is 28.4 Å². The second kappa shape index (κ2) is 18.8. The Morgan fingerprint density at radius 2 is 1.15 bits per heavy atom. The molecule has 25 unspecified atom stereocenters. The number of allylic oxidation sites excluding steroid dienone is 2. The molecule has 0 radical (unpaired) electrons. The largest absolute Gasteiger partial charge is 0.432 e. The van der Waals surface area contributed by atoms with Gasteiger partial charge in [-0.1, -0.05) is 53.2 Å². The minimum Gasteiger partial charge on any atom is -0.432 e. The van der Waals surface area contributed by atoms with Crippen LogP contribution in [-0.2, 0) is 33.2 Å². The number of carbonyl (C=O) groups excluding carboxylic acids is 1. The van der Waals surface area contributed by atoms with E-state index in [1.54, 1.807) is 0 Å². The van der Waals surface area contributed by atoms with Gasteiger partial charge in [0.25, 0.3) is 0 Å². The fraction of sp³-hybridized carbons (Fsp3) is 0.938. The van der Waals surface area contributed by atoms with Gasteiger partial charge in [-0.05, 0) is 97.2 Å². The number of ether oxygens (including phenoxy) is 6. The topological polar surface area (TPSA) is 335 Å². The van der Waals surface area contributed by atoms with E-state index in [0.717, 1.165) is 12.0 Å². The lowest BCUT2D eigenvalue weighted by Gasteiger charge is -2.72. The molecule has 7 fully saturated rings. The van der Waals surface area contributed by atoms with Crippen LogP contribution in [0.15, 0.2) is 11.6 Å². The summed E-state index contributed by atoms with van der Waals surface area (Å²) in [6.07, 6.45) is -19.6. The van der Waals surface area contributed by atoms with Gasteiger partial charge in [-0.25, -0.2) is 0 Å². The predicted molar refractivity (Wildman–Crippen MR) is 233 cm³/mol. The van der Waals surface area contributed by atoms with Gasteiger partial charge in [0, 0.05) is 5.41 Å². The molecule has 20 heteroatoms. The summed E-state index contributed by atoms with van der Waals surface area (Å²) in [4.78, 5) is 15.2. The lowest BCUT2D eigenvalue weighted by atomic mass is 9.33. The van der Waals surface area contributed by atoms with E-state index in [2.05, 4.69) is 40.7 Å². The summed E-state index contributed by atoms with van der Waals surface area (Å²) >= 11 is 0. The standard InChI is InChI=1S/C48H78O20/c1-43(2)11-13-48(42(62)68-41-37(34(59)31(56)26(19-51)65-41)66-39-35(60)32(57)29(54)24(17-49)63-39)14-12-46(5)21(22(48)15-43)7-8-28-44(3)16-23(53)38(45(4,20-52)27(44)9-10-47(28,46)6)67-40-36(61)33(58)30(55)25(18-50)64-40/h7,22-41,49-61H,8-20H2,1-6H3. The lowest BCUT2D eigenvalue weighted by molar-refractivity contribution is -0.363. The molecule has 390 valence electrons. The zero-order valence-electron chi connectivity index (χ0n) is 40.0. The van der Waals surface area contributed by atoms with Crippen molar-refractivity contribution in [2.75, 3.05) is 26.4 Å². The zero-order valence-corrected chi connectivity index (χ0v) is 40.0. The third-order valence-corrected chi connectivity index (χ3v) is 19.4. The van der Waals surface area contributed by atoms with Crippen molar-refractivity contribution in [1.29, 1.82) is 0 Å². The van der Waals surface area contributed by atoms with Crippen LogP contribution in [0.3, 0.4) is 0 Å². The molecule has 3 aliphatic heterocycles. The number of aliphatic hydroxyl groups is 13. The van der Waals surface area contributed by atoms with Gasteiger partial charge in [0.2, 0.25) is 6.29 Å². The maximum Gasteiger partial charge on any atom is 0.315 e. The SMILES string of the molecule is CC1(C)CCC2(C(=O)OC3OC(CO)C(O)C(O)C3OC3OC(CO)C(O)C(O)C3O)CCC3(C)C(=CCC4C5(C)CC(O)C(OC6OC(CO)C(O)C(O)C6O)C(C)(CO)C5CCC43C)C2C1. The molecule has 0 aromatic rings. The van der Waals surface area contributed by atoms with Crippen molar-refractivity contribution in [1.82, 2.24) is 0 Å². The molecule has 4 saturated carbocycles. The third kappa shape index (κ3) is 8.07. The van der Waals surface area contributed by atoms with E-state index in [1.807, 2.05) is 6.92 Å². The molecule has 13 N–H and O–H groups in total. The number of hydrogen-bond acceptors (Lipinski definition) is 20. The Balaban J connectivity index is 1.08. The summed E-state index contributed by atoms with van der Waals surface area (Å²) in [7, 11) is 0. The number of fused-ring (bicyclic) bond motifs is 7. The van der Waals surface area contributed by atoms with Gasteiger partial charge < -0.3 is 94.8 Å². The van der Waals surface area contributed by atoms with Crippen molar-refractivity contribution in [3.63, 3.8) is 0 Å². The summed E-state index contributed by atoms with van der Waals surface area (Å²) in [5.74, 6) is -1.14. The van der Waals surface area contributed by atoms with Crippen molar-refractivity contribution in [2.24, 2.45) is 50.2 Å². The molecule has 0 aromatic heterocycles. The number of esters is 1. The molecule has 3 heterocycles. The Labute approximate surface area is 396 Å². The second-order valence-electron chi connectivity index (χ2n) is 23.5. The number of rotatable bonds is 10. The molecular weight excluding hydrogens is 897 g/mol. The van der Waals surface area contributed by atoms with Gasteiger partial charge in [-0.3, -0.25) is 4.79 Å². The highest BCUT2D eigenvalue weighted by Gasteiger charge is 2.71. The molecule has 25 atom stereocenters. The minimum absolute atomic E-state index is 0.00779. The van der Waals surface area contributed by atoms with Crippen LogP contribution in [0.25, 0.3) is 0 Å². The Morgan fingerprint density at radius 1 is 0.618 bits per heavy atom. The highest BCUT2D eigenvalue weighted by atomic mass is 16.8. The molecule has 20 nitrogen and oxygen atoms in total. The molecule has 68 heavy (non-hydrogen) atoms. The first-order valence-corrected chi connectivity index (χ1v) is 24.6. The highest BCUT2D eigenvalue weighted by Crippen LogP contribution is 2.76. The minimum atomic E-state index is -1.88. The number of aliphatic hydroxyl groups excluding tert-OH is 13. The van der Waals surface area contributed by atoms with Crippen molar-refractivity contribution in [2.45, 2.75) is 204 Å². The Bertz CT molecular complexity index is 1850. The predicted octanol–water partition coefficient (Wildman–Crippen LogP) is -1.92. The van der Waals surface area contributed by atoms with Crippen molar-refractivity contribution >= 4 is 5.97 Å². The number of carbonyl (C=O) groups is 1. The van der Waals surface area contributed by atoms with E-state index in [1.165, 1.54) is 0 Å². The molecule has 8 aliphatic rings. The summed E-state index contributed by atoms with van der Waals surface area (Å²) in [6, 6.07) is 0. The van der Waals surface area contributed by atoms with Crippen molar-refractivity contribution < 1.29 is 99.6 Å². The van der Waals surface area contributed by atoms with E-state index < -0.39 is 152 Å². The molecule has 3 saturated heterocycles. The van der Waals surface area contributed by atoms with Crippen LogP contribution in [-0.4, -0.2) is 203 Å². The fourth-order valence-electron chi connectivity index (χ4n) is 15.2. The molecule has 8 rings (SSSR count). The average molecular weight is 975 g/mol. The maximum absolute atomic E-state index is 15.2. The van der Waals surface area contributed by atoms with Crippen LogP contribution in [0.2, 0.25) is 0 Å². The van der Waals surface area contributed by atoms with Crippen LogP contribution >= 0.6 is 0 Å². The zero-order chi connectivity index (χ0) is 49.8. The molecule has 0 amide bonds. The van der Waals surface area contributed by atoms with Crippen molar-refractivity contribution in [3.05, 3.63) is 11.6 Å². The molecule has 0 bridgehead atoms. The Morgan fingerprint density at radius 3 is 1.71 bits per heavy atom. The first-order valence-electron chi connectivity index (χ1n) is 24.6. The first-order chi connectivity index (χ1) is 31.8. The van der Waals surface area contributed by atoms with Crippen LogP contribution in [0, 0.1) is 50.2 Å². The normalized spacial score (nSPS) is 54.6. The van der Waals surface area contributed by atoms with Gasteiger partial charge in [0.1, 0.15) is 67.1 Å².